The number of hydrogen-bond acceptors (Lipinski definition) is 1. The molecular weight excluding hydrogens is 196 g/mol. The van der Waals surface area contributed by atoms with E-state index >= 15 is 0 Å². The van der Waals surface area contributed by atoms with Crippen LogP contribution in [0.25, 0.3) is 0 Å². The predicted molar refractivity (Wildman–Crippen MR) is 71.5 cm³/mol. The monoisotopic (exact) mass is 224 g/mol. The van der Waals surface area contributed by atoms with Crippen molar-refractivity contribution in [3.63, 3.8) is 0 Å². The van der Waals surface area contributed by atoms with Gasteiger partial charge in [0.05, 0.1) is 0 Å². The molecular formula is C15H28O. The van der Waals surface area contributed by atoms with Crippen molar-refractivity contribution in [2.24, 2.45) is 17.3 Å². The number of Topliss-reactive ketones (excluding diaryl/α,β-unsaturated/α-hetero) is 1. The molecule has 94 valence electrons. The number of rotatable bonds is 5. The smallest absolute Gasteiger partial charge is 0.130 e. The van der Waals surface area contributed by atoms with Crippen molar-refractivity contribution >= 4 is 5.78 Å². The molecule has 0 bridgehead atoms. The van der Waals surface area contributed by atoms with E-state index in [-0.39, 0.29) is 5.41 Å². The molecule has 2 unspecified atom stereocenters. The quantitative estimate of drug-likeness (QED) is 0.623. The minimum absolute atomic E-state index is 0.265. The fourth-order valence-corrected chi connectivity index (χ4v) is 2.40. The van der Waals surface area contributed by atoms with Crippen LogP contribution in [-0.2, 0) is 4.79 Å². The highest BCUT2D eigenvalue weighted by Crippen LogP contribution is 2.36. The molecule has 0 radical (unpaired) electrons. The SMILES string of the molecule is CC(=O)CC(C)C(CC=C(C)C)C(C)(C)C. The summed E-state index contributed by atoms with van der Waals surface area (Å²) in [6, 6.07) is 0. The van der Waals surface area contributed by atoms with Crippen LogP contribution in [0.1, 0.15) is 61.3 Å². The normalized spacial score (nSPS) is 15.4. The van der Waals surface area contributed by atoms with Crippen molar-refractivity contribution in [1.29, 1.82) is 0 Å². The minimum atomic E-state index is 0.265. The van der Waals surface area contributed by atoms with Gasteiger partial charge in [-0.2, -0.15) is 0 Å². The Labute approximate surface area is 101 Å². The van der Waals surface area contributed by atoms with Crippen LogP contribution in [0.4, 0.5) is 0 Å². The molecule has 0 fully saturated rings. The van der Waals surface area contributed by atoms with Gasteiger partial charge in [0.25, 0.3) is 0 Å². The molecule has 0 saturated carbocycles. The standard InChI is InChI=1S/C15H28O/c1-11(2)8-9-14(15(5,6)7)12(3)10-13(4)16/h8,12,14H,9-10H2,1-7H3. The lowest BCUT2D eigenvalue weighted by Crippen LogP contribution is -2.27. The molecule has 0 aromatic heterocycles. The first-order chi connectivity index (χ1) is 7.14. The van der Waals surface area contributed by atoms with Crippen molar-refractivity contribution in [1.82, 2.24) is 0 Å². The maximum atomic E-state index is 11.2. The molecule has 0 aliphatic carbocycles. The molecule has 0 aromatic rings. The molecule has 16 heavy (non-hydrogen) atoms. The Kier molecular flexibility index (Phi) is 5.99. The summed E-state index contributed by atoms with van der Waals surface area (Å²) in [4.78, 5) is 11.2. The van der Waals surface area contributed by atoms with Crippen molar-refractivity contribution in [3.8, 4) is 0 Å². The fourth-order valence-electron chi connectivity index (χ4n) is 2.40. The zero-order valence-electron chi connectivity index (χ0n) is 12.1. The third kappa shape index (κ3) is 6.09. The van der Waals surface area contributed by atoms with Gasteiger partial charge in [-0.15, -0.1) is 0 Å². The summed E-state index contributed by atoms with van der Waals surface area (Å²) in [5.41, 5.74) is 1.63. The van der Waals surface area contributed by atoms with Gasteiger partial charge in [0, 0.05) is 6.42 Å². The lowest BCUT2D eigenvalue weighted by molar-refractivity contribution is -0.118. The third-order valence-electron chi connectivity index (χ3n) is 3.19. The Balaban J connectivity index is 4.67. The lowest BCUT2D eigenvalue weighted by Gasteiger charge is -2.35. The van der Waals surface area contributed by atoms with Crippen molar-refractivity contribution < 1.29 is 4.79 Å². The van der Waals surface area contributed by atoms with E-state index in [9.17, 15) is 4.79 Å². The number of ketones is 1. The van der Waals surface area contributed by atoms with Crippen molar-refractivity contribution in [3.05, 3.63) is 11.6 Å². The largest absolute Gasteiger partial charge is 0.300 e. The van der Waals surface area contributed by atoms with Gasteiger partial charge in [0.15, 0.2) is 0 Å². The molecule has 0 rings (SSSR count). The van der Waals surface area contributed by atoms with E-state index in [1.54, 1.807) is 6.92 Å². The van der Waals surface area contributed by atoms with E-state index in [0.29, 0.717) is 24.0 Å². The molecule has 0 saturated heterocycles. The van der Waals surface area contributed by atoms with Gasteiger partial charge in [-0.1, -0.05) is 39.3 Å². The summed E-state index contributed by atoms with van der Waals surface area (Å²) >= 11 is 0. The Bertz CT molecular complexity index is 251. The maximum Gasteiger partial charge on any atom is 0.130 e. The van der Waals surface area contributed by atoms with Gasteiger partial charge in [-0.25, -0.2) is 0 Å². The number of carbonyl (C=O) groups excluding carboxylic acids is 1. The van der Waals surface area contributed by atoms with Gasteiger partial charge in [-0.3, -0.25) is 0 Å². The molecule has 1 nitrogen and oxygen atoms in total. The predicted octanol–water partition coefficient (Wildman–Crippen LogP) is 4.62. The highest BCUT2D eigenvalue weighted by molar-refractivity contribution is 5.75. The van der Waals surface area contributed by atoms with Crippen LogP contribution in [0.2, 0.25) is 0 Å². The summed E-state index contributed by atoms with van der Waals surface area (Å²) in [7, 11) is 0. The Morgan fingerprint density at radius 1 is 1.19 bits per heavy atom. The Morgan fingerprint density at radius 2 is 1.69 bits per heavy atom. The van der Waals surface area contributed by atoms with Crippen molar-refractivity contribution in [2.45, 2.75) is 61.3 Å². The minimum Gasteiger partial charge on any atom is -0.300 e. The highest BCUT2D eigenvalue weighted by atomic mass is 16.1. The molecule has 0 spiro atoms. The Hall–Kier alpha value is -0.590. The summed E-state index contributed by atoms with van der Waals surface area (Å²) in [6.07, 6.45) is 4.09. The van der Waals surface area contributed by atoms with E-state index in [1.165, 1.54) is 5.57 Å². The second-order valence-electron chi connectivity index (χ2n) is 6.37. The fraction of sp³-hybridized carbons (Fsp3) is 0.800. The maximum absolute atomic E-state index is 11.2. The Morgan fingerprint density at radius 3 is 2.00 bits per heavy atom. The van der Waals surface area contributed by atoms with Crippen LogP contribution in [0, 0.1) is 17.3 Å². The average molecular weight is 224 g/mol. The zero-order chi connectivity index (χ0) is 12.9. The molecule has 0 N–H and O–H groups in total. The molecule has 2 atom stereocenters. The second-order valence-corrected chi connectivity index (χ2v) is 6.37. The highest BCUT2D eigenvalue weighted by Gasteiger charge is 2.29. The zero-order valence-corrected chi connectivity index (χ0v) is 12.1. The van der Waals surface area contributed by atoms with Crippen molar-refractivity contribution in [2.75, 3.05) is 0 Å². The van der Waals surface area contributed by atoms with E-state index in [2.05, 4.69) is 47.6 Å². The van der Waals surface area contributed by atoms with Crippen LogP contribution < -0.4 is 0 Å². The van der Waals surface area contributed by atoms with E-state index < -0.39 is 0 Å². The van der Waals surface area contributed by atoms with Crippen LogP contribution in [0.5, 0.6) is 0 Å². The lowest BCUT2D eigenvalue weighted by atomic mass is 9.70. The van der Waals surface area contributed by atoms with Crippen LogP contribution in [-0.4, -0.2) is 5.78 Å². The summed E-state index contributed by atoms with van der Waals surface area (Å²) in [5.74, 6) is 1.35. The molecule has 0 aliphatic heterocycles. The van der Waals surface area contributed by atoms with Crippen LogP contribution in [0.3, 0.4) is 0 Å². The summed E-state index contributed by atoms with van der Waals surface area (Å²) < 4.78 is 0. The van der Waals surface area contributed by atoms with E-state index in [4.69, 9.17) is 0 Å². The van der Waals surface area contributed by atoms with Gasteiger partial charge in [-0.05, 0) is 44.4 Å². The van der Waals surface area contributed by atoms with Crippen LogP contribution >= 0.6 is 0 Å². The molecule has 0 heterocycles. The number of allylic oxidation sites excluding steroid dienone is 2. The second kappa shape index (κ2) is 6.22. The van der Waals surface area contributed by atoms with Gasteiger partial charge < -0.3 is 4.79 Å². The topological polar surface area (TPSA) is 17.1 Å². The first-order valence-corrected chi connectivity index (χ1v) is 6.27. The molecule has 0 aliphatic rings. The summed E-state index contributed by atoms with van der Waals surface area (Å²) in [6.45, 7) is 15.0. The van der Waals surface area contributed by atoms with E-state index in [0.717, 1.165) is 6.42 Å². The number of carbonyl (C=O) groups is 1. The average Bonchev–Trinajstić information content (AvgIpc) is 1.98. The van der Waals surface area contributed by atoms with Gasteiger partial charge >= 0.3 is 0 Å². The molecule has 0 aromatic carbocycles. The first kappa shape index (κ1) is 15.4. The first-order valence-electron chi connectivity index (χ1n) is 6.27. The van der Waals surface area contributed by atoms with Gasteiger partial charge in [0.1, 0.15) is 5.78 Å². The third-order valence-corrected chi connectivity index (χ3v) is 3.19. The van der Waals surface area contributed by atoms with E-state index in [1.807, 2.05) is 0 Å². The summed E-state index contributed by atoms with van der Waals surface area (Å²) in [5, 5.41) is 0. The molecule has 0 amide bonds. The van der Waals surface area contributed by atoms with Crippen LogP contribution in [0.15, 0.2) is 11.6 Å². The molecule has 1 heteroatoms. The van der Waals surface area contributed by atoms with Gasteiger partial charge in [0.2, 0.25) is 0 Å². The number of hydrogen-bond donors (Lipinski definition) is 0.